The van der Waals surface area contributed by atoms with Gasteiger partial charge in [-0.05, 0) is 48.4 Å². The molecule has 1 aromatic heterocycles. The molecule has 1 heterocycles. The molecule has 0 unspecified atom stereocenters. The van der Waals surface area contributed by atoms with Crippen LogP contribution in [-0.4, -0.2) is 31.8 Å². The predicted octanol–water partition coefficient (Wildman–Crippen LogP) is 5.33. The van der Waals surface area contributed by atoms with E-state index in [1.807, 2.05) is 60.7 Å². The summed E-state index contributed by atoms with van der Waals surface area (Å²) in [6.45, 7) is 0.506. The van der Waals surface area contributed by atoms with Crippen molar-refractivity contribution in [2.24, 2.45) is 0 Å². The van der Waals surface area contributed by atoms with Crippen LogP contribution in [0.1, 0.15) is 5.56 Å². The number of aromatic nitrogens is 1. The van der Waals surface area contributed by atoms with Crippen LogP contribution in [0.5, 0.6) is 17.2 Å². The summed E-state index contributed by atoms with van der Waals surface area (Å²) in [6, 6.07) is 22.8. The molecule has 0 atom stereocenters. The minimum absolute atomic E-state index is 0.462. The third kappa shape index (κ3) is 5.51. The molecule has 2 N–H and O–H groups in total. The SMILES string of the molecule is COc1cc2nccc(Nc3ccc(OC(=O)NCCc4ccccc4)cc3)c2cc1OC. The second-order valence-electron chi connectivity index (χ2n) is 7.28. The maximum absolute atomic E-state index is 12.1. The number of ether oxygens (including phenoxy) is 3. The summed E-state index contributed by atoms with van der Waals surface area (Å²) in [4.78, 5) is 16.5. The number of anilines is 2. The molecule has 33 heavy (non-hydrogen) atoms. The number of methoxy groups -OCH3 is 2. The highest BCUT2D eigenvalue weighted by Gasteiger charge is 2.10. The van der Waals surface area contributed by atoms with Gasteiger partial charge < -0.3 is 24.8 Å². The van der Waals surface area contributed by atoms with Crippen LogP contribution < -0.4 is 24.8 Å². The normalized spacial score (nSPS) is 10.5. The Bertz CT molecular complexity index is 1230. The van der Waals surface area contributed by atoms with Crippen LogP contribution in [-0.2, 0) is 6.42 Å². The second kappa shape index (κ2) is 10.4. The number of carbonyl (C=O) groups is 1. The van der Waals surface area contributed by atoms with Gasteiger partial charge in [-0.2, -0.15) is 0 Å². The van der Waals surface area contributed by atoms with Gasteiger partial charge in [0.05, 0.1) is 19.7 Å². The highest BCUT2D eigenvalue weighted by Crippen LogP contribution is 2.35. The summed E-state index contributed by atoms with van der Waals surface area (Å²) in [7, 11) is 3.20. The van der Waals surface area contributed by atoms with E-state index in [9.17, 15) is 4.79 Å². The fourth-order valence-electron chi connectivity index (χ4n) is 3.44. The van der Waals surface area contributed by atoms with Crippen LogP contribution in [0.4, 0.5) is 16.2 Å². The maximum atomic E-state index is 12.1. The van der Waals surface area contributed by atoms with Gasteiger partial charge in [-0.15, -0.1) is 0 Å². The molecule has 1 amide bonds. The van der Waals surface area contributed by atoms with Crippen molar-refractivity contribution in [3.05, 3.63) is 84.6 Å². The number of benzene rings is 3. The van der Waals surface area contributed by atoms with E-state index < -0.39 is 6.09 Å². The zero-order valence-corrected chi connectivity index (χ0v) is 18.5. The number of rotatable bonds is 8. The fourth-order valence-corrected chi connectivity index (χ4v) is 3.44. The van der Waals surface area contributed by atoms with Crippen LogP contribution in [0.15, 0.2) is 79.0 Å². The van der Waals surface area contributed by atoms with Gasteiger partial charge in [0, 0.05) is 35.6 Å². The van der Waals surface area contributed by atoms with Gasteiger partial charge in [-0.3, -0.25) is 4.98 Å². The van der Waals surface area contributed by atoms with E-state index in [4.69, 9.17) is 14.2 Å². The highest BCUT2D eigenvalue weighted by atomic mass is 16.6. The smallest absolute Gasteiger partial charge is 0.412 e. The minimum Gasteiger partial charge on any atom is -0.493 e. The second-order valence-corrected chi connectivity index (χ2v) is 7.28. The number of pyridine rings is 1. The molecular weight excluding hydrogens is 418 g/mol. The lowest BCUT2D eigenvalue weighted by molar-refractivity contribution is 0.200. The van der Waals surface area contributed by atoms with Crippen LogP contribution >= 0.6 is 0 Å². The molecule has 168 valence electrons. The maximum Gasteiger partial charge on any atom is 0.412 e. The first kappa shape index (κ1) is 22.0. The van der Waals surface area contributed by atoms with E-state index in [0.29, 0.717) is 23.8 Å². The highest BCUT2D eigenvalue weighted by molar-refractivity contribution is 5.95. The summed E-state index contributed by atoms with van der Waals surface area (Å²) in [5.41, 5.74) is 3.65. The van der Waals surface area contributed by atoms with E-state index in [-0.39, 0.29) is 0 Å². The zero-order chi connectivity index (χ0) is 23.0. The number of nitrogens with one attached hydrogen (secondary N) is 2. The minimum atomic E-state index is -0.479. The molecule has 4 aromatic rings. The molecule has 7 nitrogen and oxygen atoms in total. The van der Waals surface area contributed by atoms with E-state index in [2.05, 4.69) is 15.6 Å². The van der Waals surface area contributed by atoms with E-state index in [0.717, 1.165) is 34.3 Å². The fraction of sp³-hybridized carbons (Fsp3) is 0.154. The van der Waals surface area contributed by atoms with Crippen molar-refractivity contribution in [3.8, 4) is 17.2 Å². The largest absolute Gasteiger partial charge is 0.493 e. The van der Waals surface area contributed by atoms with Crippen molar-refractivity contribution in [2.75, 3.05) is 26.1 Å². The number of hydrogen-bond acceptors (Lipinski definition) is 6. The van der Waals surface area contributed by atoms with Crippen molar-refractivity contribution in [1.29, 1.82) is 0 Å². The molecule has 0 bridgehead atoms. The van der Waals surface area contributed by atoms with E-state index >= 15 is 0 Å². The van der Waals surface area contributed by atoms with Gasteiger partial charge in [0.1, 0.15) is 5.75 Å². The molecule has 0 spiro atoms. The molecule has 0 aliphatic carbocycles. The number of hydrogen-bond donors (Lipinski definition) is 2. The molecule has 4 rings (SSSR count). The van der Waals surface area contributed by atoms with Crippen molar-refractivity contribution in [3.63, 3.8) is 0 Å². The number of carbonyl (C=O) groups excluding carboxylic acids is 1. The van der Waals surface area contributed by atoms with Gasteiger partial charge in [0.25, 0.3) is 0 Å². The molecular formula is C26H25N3O4. The molecule has 0 saturated heterocycles. The van der Waals surface area contributed by atoms with Crippen molar-refractivity contribution >= 4 is 28.4 Å². The molecule has 0 fully saturated rings. The Hall–Kier alpha value is -4.26. The van der Waals surface area contributed by atoms with Crippen LogP contribution in [0.3, 0.4) is 0 Å². The quantitative estimate of drug-likeness (QED) is 0.383. The van der Waals surface area contributed by atoms with Gasteiger partial charge in [-0.1, -0.05) is 30.3 Å². The summed E-state index contributed by atoms with van der Waals surface area (Å²) in [5, 5.41) is 7.04. The summed E-state index contributed by atoms with van der Waals surface area (Å²) < 4.78 is 16.1. The standard InChI is InChI=1S/C26H25N3O4/c1-31-24-16-21-22(13-15-27-23(21)17-25(24)32-2)29-19-8-10-20(11-9-19)33-26(30)28-14-12-18-6-4-3-5-7-18/h3-11,13,15-17H,12,14H2,1-2H3,(H,27,29)(H,28,30). The van der Waals surface area contributed by atoms with Crippen LogP contribution in [0.2, 0.25) is 0 Å². The van der Waals surface area contributed by atoms with Gasteiger partial charge in [-0.25, -0.2) is 4.79 Å². The van der Waals surface area contributed by atoms with Gasteiger partial charge in [0.15, 0.2) is 11.5 Å². The van der Waals surface area contributed by atoms with Crippen LogP contribution in [0, 0.1) is 0 Å². The summed E-state index contributed by atoms with van der Waals surface area (Å²) in [5.74, 6) is 1.71. The molecule has 0 aliphatic rings. The van der Waals surface area contributed by atoms with Crippen molar-refractivity contribution in [2.45, 2.75) is 6.42 Å². The Morgan fingerprint density at radius 3 is 2.36 bits per heavy atom. The lowest BCUT2D eigenvalue weighted by Gasteiger charge is -2.13. The monoisotopic (exact) mass is 443 g/mol. The molecule has 0 radical (unpaired) electrons. The van der Waals surface area contributed by atoms with E-state index in [1.165, 1.54) is 0 Å². The summed E-state index contributed by atoms with van der Waals surface area (Å²) >= 11 is 0. The van der Waals surface area contributed by atoms with Gasteiger partial charge >= 0.3 is 6.09 Å². The lowest BCUT2D eigenvalue weighted by atomic mass is 10.1. The number of nitrogens with zero attached hydrogens (tertiary/aromatic N) is 1. The average Bonchev–Trinajstić information content (AvgIpc) is 2.85. The first-order chi connectivity index (χ1) is 16.2. The molecule has 0 aliphatic heterocycles. The molecule has 3 aromatic carbocycles. The first-order valence-corrected chi connectivity index (χ1v) is 10.5. The van der Waals surface area contributed by atoms with Crippen LogP contribution in [0.25, 0.3) is 10.9 Å². The lowest BCUT2D eigenvalue weighted by Crippen LogP contribution is -2.28. The molecule has 7 heteroatoms. The Balaban J connectivity index is 1.38. The third-order valence-corrected chi connectivity index (χ3v) is 5.12. The van der Waals surface area contributed by atoms with Crippen molar-refractivity contribution < 1.29 is 19.0 Å². The Morgan fingerprint density at radius 1 is 0.909 bits per heavy atom. The topological polar surface area (TPSA) is 81.7 Å². The Morgan fingerprint density at radius 2 is 1.64 bits per heavy atom. The van der Waals surface area contributed by atoms with Crippen molar-refractivity contribution in [1.82, 2.24) is 10.3 Å². The Kier molecular flexibility index (Phi) is 6.90. The third-order valence-electron chi connectivity index (χ3n) is 5.12. The molecule has 0 saturated carbocycles. The average molecular weight is 444 g/mol. The van der Waals surface area contributed by atoms with Gasteiger partial charge in [0.2, 0.25) is 0 Å². The summed E-state index contributed by atoms with van der Waals surface area (Å²) in [6.07, 6.45) is 2.00. The Labute approximate surface area is 192 Å². The predicted molar refractivity (Wildman–Crippen MR) is 129 cm³/mol. The van der Waals surface area contributed by atoms with E-state index in [1.54, 1.807) is 32.5 Å². The first-order valence-electron chi connectivity index (χ1n) is 10.5. The zero-order valence-electron chi connectivity index (χ0n) is 18.5. The number of amides is 1. The number of fused-ring (bicyclic) bond motifs is 1.